The second kappa shape index (κ2) is 4.89. The second-order valence-electron chi connectivity index (χ2n) is 3.24. The molecule has 0 unspecified atom stereocenters. The fourth-order valence-corrected chi connectivity index (χ4v) is 1.41. The van der Waals surface area contributed by atoms with Crippen LogP contribution in [0.3, 0.4) is 0 Å². The SMILES string of the molecule is CC.CC(C)c1cccc2c1OCO2. The molecule has 2 rings (SSSR count). The van der Waals surface area contributed by atoms with E-state index in [2.05, 4.69) is 19.9 Å². The van der Waals surface area contributed by atoms with E-state index < -0.39 is 0 Å². The first-order valence-electron chi connectivity index (χ1n) is 5.17. The standard InChI is InChI=1S/C10H12O2.C2H6/c1-7(2)8-4-3-5-9-10(8)12-6-11-9;1-2/h3-5,7H,6H2,1-2H3;1-2H3. The van der Waals surface area contributed by atoms with E-state index in [4.69, 9.17) is 9.47 Å². The largest absolute Gasteiger partial charge is 0.454 e. The zero-order valence-electron chi connectivity index (χ0n) is 9.33. The molecule has 0 aromatic heterocycles. The molecule has 1 aliphatic rings. The van der Waals surface area contributed by atoms with Crippen LogP contribution in [0.1, 0.15) is 39.2 Å². The van der Waals surface area contributed by atoms with Crippen LogP contribution in [0.25, 0.3) is 0 Å². The van der Waals surface area contributed by atoms with Gasteiger partial charge in [-0.2, -0.15) is 0 Å². The lowest BCUT2D eigenvalue weighted by Gasteiger charge is -2.07. The van der Waals surface area contributed by atoms with Crippen LogP contribution in [-0.4, -0.2) is 6.79 Å². The van der Waals surface area contributed by atoms with Gasteiger partial charge >= 0.3 is 0 Å². The van der Waals surface area contributed by atoms with E-state index in [1.807, 2.05) is 26.0 Å². The first-order chi connectivity index (χ1) is 6.79. The summed E-state index contributed by atoms with van der Waals surface area (Å²) in [5, 5.41) is 0. The van der Waals surface area contributed by atoms with Crippen molar-refractivity contribution in [2.75, 3.05) is 6.79 Å². The summed E-state index contributed by atoms with van der Waals surface area (Å²) >= 11 is 0. The molecule has 1 aromatic rings. The lowest BCUT2D eigenvalue weighted by molar-refractivity contribution is 0.173. The molecular formula is C12H18O2. The third-order valence-corrected chi connectivity index (χ3v) is 2.05. The first-order valence-corrected chi connectivity index (χ1v) is 5.17. The molecule has 1 heterocycles. The maximum Gasteiger partial charge on any atom is 0.231 e. The molecule has 0 saturated carbocycles. The van der Waals surface area contributed by atoms with Gasteiger partial charge in [0.05, 0.1) is 0 Å². The summed E-state index contributed by atoms with van der Waals surface area (Å²) < 4.78 is 10.6. The van der Waals surface area contributed by atoms with Crippen molar-refractivity contribution in [3.05, 3.63) is 23.8 Å². The minimum Gasteiger partial charge on any atom is -0.454 e. The van der Waals surface area contributed by atoms with Gasteiger partial charge in [0.25, 0.3) is 0 Å². The average molecular weight is 194 g/mol. The fourth-order valence-electron chi connectivity index (χ4n) is 1.41. The molecule has 0 amide bonds. The summed E-state index contributed by atoms with van der Waals surface area (Å²) in [7, 11) is 0. The fraction of sp³-hybridized carbons (Fsp3) is 0.500. The minimum atomic E-state index is 0.360. The highest BCUT2D eigenvalue weighted by molar-refractivity contribution is 5.49. The summed E-state index contributed by atoms with van der Waals surface area (Å²) in [6.07, 6.45) is 0. The predicted molar refractivity (Wildman–Crippen MR) is 58.0 cm³/mol. The van der Waals surface area contributed by atoms with Gasteiger partial charge in [-0.05, 0) is 12.0 Å². The van der Waals surface area contributed by atoms with Crippen molar-refractivity contribution in [3.63, 3.8) is 0 Å². The van der Waals surface area contributed by atoms with Gasteiger partial charge in [-0.15, -0.1) is 0 Å². The smallest absolute Gasteiger partial charge is 0.231 e. The van der Waals surface area contributed by atoms with Gasteiger partial charge in [-0.25, -0.2) is 0 Å². The lowest BCUT2D eigenvalue weighted by atomic mass is 10.0. The van der Waals surface area contributed by atoms with Gasteiger partial charge in [-0.3, -0.25) is 0 Å². The minimum absolute atomic E-state index is 0.360. The number of rotatable bonds is 1. The molecule has 78 valence electrons. The van der Waals surface area contributed by atoms with Crippen LogP contribution < -0.4 is 9.47 Å². The van der Waals surface area contributed by atoms with Crippen LogP contribution in [0.4, 0.5) is 0 Å². The molecule has 2 nitrogen and oxygen atoms in total. The zero-order chi connectivity index (χ0) is 10.6. The van der Waals surface area contributed by atoms with E-state index in [1.54, 1.807) is 0 Å². The normalized spacial score (nSPS) is 12.4. The maximum atomic E-state index is 5.37. The number of hydrogen-bond donors (Lipinski definition) is 0. The van der Waals surface area contributed by atoms with E-state index in [-0.39, 0.29) is 0 Å². The third kappa shape index (κ3) is 2.00. The van der Waals surface area contributed by atoms with Gasteiger partial charge in [-0.1, -0.05) is 39.8 Å². The Bertz CT molecular complexity index is 292. The summed E-state index contributed by atoms with van der Waals surface area (Å²) in [6, 6.07) is 6.02. The quantitative estimate of drug-likeness (QED) is 0.680. The van der Waals surface area contributed by atoms with Gasteiger partial charge < -0.3 is 9.47 Å². The monoisotopic (exact) mass is 194 g/mol. The molecule has 0 bridgehead atoms. The Balaban J connectivity index is 0.000000461. The maximum absolute atomic E-state index is 5.37. The van der Waals surface area contributed by atoms with Crippen molar-refractivity contribution in [1.82, 2.24) is 0 Å². The lowest BCUT2D eigenvalue weighted by Crippen LogP contribution is -1.95. The second-order valence-corrected chi connectivity index (χ2v) is 3.24. The molecule has 0 radical (unpaired) electrons. The highest BCUT2D eigenvalue weighted by Crippen LogP contribution is 2.38. The Hall–Kier alpha value is -1.18. The van der Waals surface area contributed by atoms with E-state index in [0.717, 1.165) is 11.5 Å². The van der Waals surface area contributed by atoms with Crippen molar-refractivity contribution in [1.29, 1.82) is 0 Å². The molecule has 2 heteroatoms. The van der Waals surface area contributed by atoms with Crippen molar-refractivity contribution < 1.29 is 9.47 Å². The van der Waals surface area contributed by atoms with Crippen LogP contribution in [0, 0.1) is 0 Å². The Morgan fingerprint density at radius 1 is 1.14 bits per heavy atom. The van der Waals surface area contributed by atoms with Crippen LogP contribution in [-0.2, 0) is 0 Å². The van der Waals surface area contributed by atoms with E-state index >= 15 is 0 Å². The molecule has 14 heavy (non-hydrogen) atoms. The third-order valence-electron chi connectivity index (χ3n) is 2.05. The van der Waals surface area contributed by atoms with Crippen LogP contribution in [0.2, 0.25) is 0 Å². The Morgan fingerprint density at radius 2 is 1.86 bits per heavy atom. The molecule has 0 saturated heterocycles. The topological polar surface area (TPSA) is 18.5 Å². The molecular weight excluding hydrogens is 176 g/mol. The average Bonchev–Trinajstić information content (AvgIpc) is 2.67. The molecule has 1 aromatic carbocycles. The molecule has 0 aliphatic carbocycles. The van der Waals surface area contributed by atoms with Gasteiger partial charge in [0.2, 0.25) is 6.79 Å². The number of ether oxygens (including phenoxy) is 2. The van der Waals surface area contributed by atoms with E-state index in [9.17, 15) is 0 Å². The van der Waals surface area contributed by atoms with Crippen molar-refractivity contribution >= 4 is 0 Å². The Morgan fingerprint density at radius 3 is 2.50 bits per heavy atom. The summed E-state index contributed by atoms with van der Waals surface area (Å²) in [4.78, 5) is 0. The number of benzene rings is 1. The Kier molecular flexibility index (Phi) is 3.81. The van der Waals surface area contributed by atoms with E-state index in [1.165, 1.54) is 5.56 Å². The Labute approximate surface area is 85.8 Å². The van der Waals surface area contributed by atoms with Crippen molar-refractivity contribution in [2.24, 2.45) is 0 Å². The molecule has 0 N–H and O–H groups in total. The summed E-state index contributed by atoms with van der Waals surface area (Å²) in [6.45, 7) is 8.66. The molecule has 1 aliphatic heterocycles. The number of fused-ring (bicyclic) bond motifs is 1. The number of para-hydroxylation sites is 1. The van der Waals surface area contributed by atoms with Crippen molar-refractivity contribution in [2.45, 2.75) is 33.6 Å². The first kappa shape index (κ1) is 10.9. The predicted octanol–water partition coefficient (Wildman–Crippen LogP) is 3.56. The van der Waals surface area contributed by atoms with Crippen LogP contribution in [0.15, 0.2) is 18.2 Å². The van der Waals surface area contributed by atoms with Gasteiger partial charge in [0.1, 0.15) is 0 Å². The van der Waals surface area contributed by atoms with E-state index in [0.29, 0.717) is 12.7 Å². The van der Waals surface area contributed by atoms with Crippen molar-refractivity contribution in [3.8, 4) is 11.5 Å². The van der Waals surface area contributed by atoms with Gasteiger partial charge in [0, 0.05) is 5.56 Å². The highest BCUT2D eigenvalue weighted by atomic mass is 16.7. The van der Waals surface area contributed by atoms with Crippen LogP contribution >= 0.6 is 0 Å². The summed E-state index contributed by atoms with van der Waals surface area (Å²) in [5.74, 6) is 2.29. The molecule has 0 atom stereocenters. The zero-order valence-corrected chi connectivity index (χ0v) is 9.33. The highest BCUT2D eigenvalue weighted by Gasteiger charge is 2.18. The molecule has 0 fully saturated rings. The number of hydrogen-bond acceptors (Lipinski definition) is 2. The van der Waals surface area contributed by atoms with Gasteiger partial charge in [0.15, 0.2) is 11.5 Å². The summed E-state index contributed by atoms with van der Waals surface area (Å²) in [5.41, 5.74) is 1.23. The molecule has 0 spiro atoms. The van der Waals surface area contributed by atoms with Crippen LogP contribution in [0.5, 0.6) is 11.5 Å².